The molecule has 1 amide bonds. The van der Waals surface area contributed by atoms with Crippen LogP contribution in [0.25, 0.3) is 0 Å². The minimum atomic E-state index is -0.357. The van der Waals surface area contributed by atoms with Crippen LogP contribution in [0.15, 0.2) is 30.3 Å². The largest absolute Gasteiger partial charge is 0.465 e. The summed E-state index contributed by atoms with van der Waals surface area (Å²) >= 11 is 1.52. The Kier molecular flexibility index (Phi) is 6.06. The Morgan fingerprint density at radius 3 is 2.65 bits per heavy atom. The lowest BCUT2D eigenvalue weighted by Gasteiger charge is -2.14. The van der Waals surface area contributed by atoms with Crippen LogP contribution in [0.5, 0.6) is 0 Å². The maximum atomic E-state index is 12.5. The van der Waals surface area contributed by atoms with Crippen molar-refractivity contribution in [1.29, 1.82) is 0 Å². The van der Waals surface area contributed by atoms with Crippen LogP contribution in [0.2, 0.25) is 0 Å². The number of anilines is 1. The fraction of sp³-hybridized carbons (Fsp3) is 0.400. The molecule has 1 atom stereocenters. The van der Waals surface area contributed by atoms with E-state index in [0.29, 0.717) is 17.1 Å². The van der Waals surface area contributed by atoms with Crippen molar-refractivity contribution in [3.05, 3.63) is 51.9 Å². The van der Waals surface area contributed by atoms with Gasteiger partial charge in [0.15, 0.2) is 6.54 Å². The van der Waals surface area contributed by atoms with Gasteiger partial charge >= 0.3 is 5.97 Å². The zero-order valence-corrected chi connectivity index (χ0v) is 16.1. The van der Waals surface area contributed by atoms with Crippen LogP contribution < -0.4 is 10.2 Å². The van der Waals surface area contributed by atoms with E-state index in [1.165, 1.54) is 28.9 Å². The number of nitrogens with one attached hydrogen (secondary N) is 2. The molecule has 1 aromatic heterocycles. The second-order valence-electron chi connectivity index (χ2n) is 6.75. The number of carbonyl (C=O) groups excluding carboxylic acids is 2. The fourth-order valence-electron chi connectivity index (χ4n) is 3.42. The summed E-state index contributed by atoms with van der Waals surface area (Å²) in [6.07, 6.45) is 4.06. The number of benzene rings is 1. The highest BCUT2D eigenvalue weighted by molar-refractivity contribution is 7.17. The van der Waals surface area contributed by atoms with Gasteiger partial charge in [-0.15, -0.1) is 11.3 Å². The van der Waals surface area contributed by atoms with Crippen molar-refractivity contribution in [2.24, 2.45) is 0 Å². The lowest BCUT2D eigenvalue weighted by molar-refractivity contribution is -0.885. The number of thiophene rings is 1. The van der Waals surface area contributed by atoms with Crippen molar-refractivity contribution in [2.75, 3.05) is 26.0 Å². The lowest BCUT2D eigenvalue weighted by Crippen LogP contribution is -3.08. The molecule has 138 valence electrons. The summed E-state index contributed by atoms with van der Waals surface area (Å²) in [6, 6.07) is 10.1. The Morgan fingerprint density at radius 1 is 1.19 bits per heavy atom. The summed E-state index contributed by atoms with van der Waals surface area (Å²) < 4.78 is 4.95. The Labute approximate surface area is 158 Å². The van der Waals surface area contributed by atoms with Gasteiger partial charge in [0, 0.05) is 10.4 Å². The van der Waals surface area contributed by atoms with E-state index in [9.17, 15) is 9.59 Å². The molecule has 0 fully saturated rings. The average molecular weight is 373 g/mol. The molecule has 0 saturated heterocycles. The van der Waals surface area contributed by atoms with Gasteiger partial charge in [-0.2, -0.15) is 0 Å². The van der Waals surface area contributed by atoms with E-state index in [4.69, 9.17) is 4.74 Å². The molecule has 0 bridgehead atoms. The van der Waals surface area contributed by atoms with Crippen LogP contribution in [-0.4, -0.2) is 32.6 Å². The van der Waals surface area contributed by atoms with E-state index in [1.807, 2.05) is 25.2 Å². The predicted molar refractivity (Wildman–Crippen MR) is 103 cm³/mol. The third-order valence-electron chi connectivity index (χ3n) is 4.62. The first-order valence-electron chi connectivity index (χ1n) is 8.96. The van der Waals surface area contributed by atoms with Gasteiger partial charge in [0.2, 0.25) is 0 Å². The number of aryl methyl sites for hydroxylation is 1. The van der Waals surface area contributed by atoms with Crippen molar-refractivity contribution in [1.82, 2.24) is 0 Å². The smallest absolute Gasteiger partial charge is 0.341 e. The van der Waals surface area contributed by atoms with E-state index in [2.05, 4.69) is 17.4 Å². The molecule has 5 nitrogen and oxygen atoms in total. The minimum absolute atomic E-state index is 0.0813. The number of hydrogen-bond donors (Lipinski definition) is 2. The molecular weight excluding hydrogens is 348 g/mol. The Hall–Kier alpha value is -2.18. The first-order valence-corrected chi connectivity index (χ1v) is 9.78. The summed E-state index contributed by atoms with van der Waals surface area (Å²) in [7, 11) is 3.38. The quantitative estimate of drug-likeness (QED) is 0.762. The van der Waals surface area contributed by atoms with Crippen LogP contribution in [0, 0.1) is 0 Å². The molecule has 0 aliphatic heterocycles. The number of carbonyl (C=O) groups is 2. The maximum absolute atomic E-state index is 12.5. The van der Waals surface area contributed by atoms with Crippen molar-refractivity contribution >= 4 is 28.2 Å². The maximum Gasteiger partial charge on any atom is 0.341 e. The number of amides is 1. The molecule has 2 aromatic rings. The summed E-state index contributed by atoms with van der Waals surface area (Å²) in [4.78, 5) is 27.0. The highest BCUT2D eigenvalue weighted by Gasteiger charge is 2.27. The van der Waals surface area contributed by atoms with Gasteiger partial charge in [-0.05, 0) is 31.2 Å². The number of hydrogen-bond acceptors (Lipinski definition) is 4. The predicted octanol–water partition coefficient (Wildman–Crippen LogP) is 2.07. The summed E-state index contributed by atoms with van der Waals surface area (Å²) in [6.45, 7) is 1.12. The van der Waals surface area contributed by atoms with Crippen molar-refractivity contribution < 1.29 is 19.2 Å². The van der Waals surface area contributed by atoms with Crippen LogP contribution in [0.1, 0.15) is 39.2 Å². The molecule has 0 radical (unpaired) electrons. The number of methoxy groups -OCH3 is 1. The first-order chi connectivity index (χ1) is 12.6. The molecule has 1 unspecified atom stereocenters. The van der Waals surface area contributed by atoms with E-state index in [1.54, 1.807) is 0 Å². The van der Waals surface area contributed by atoms with Crippen LogP contribution in [0.4, 0.5) is 5.00 Å². The van der Waals surface area contributed by atoms with E-state index >= 15 is 0 Å². The third kappa shape index (κ3) is 4.31. The SMILES string of the molecule is COC(=O)c1c(NC(=O)C[NH+](C)Cc2ccccc2)sc2c1CCCC2. The zero-order valence-electron chi connectivity index (χ0n) is 15.3. The molecule has 0 spiro atoms. The van der Waals surface area contributed by atoms with E-state index in [0.717, 1.165) is 42.7 Å². The van der Waals surface area contributed by atoms with Gasteiger partial charge in [-0.3, -0.25) is 4.79 Å². The van der Waals surface area contributed by atoms with Gasteiger partial charge in [0.05, 0.1) is 19.7 Å². The van der Waals surface area contributed by atoms with Gasteiger partial charge in [-0.1, -0.05) is 30.3 Å². The highest BCUT2D eigenvalue weighted by atomic mass is 32.1. The zero-order chi connectivity index (χ0) is 18.5. The average Bonchev–Trinajstić information content (AvgIpc) is 2.99. The number of quaternary nitrogens is 1. The monoisotopic (exact) mass is 373 g/mol. The van der Waals surface area contributed by atoms with Crippen molar-refractivity contribution in [3.8, 4) is 0 Å². The Morgan fingerprint density at radius 2 is 1.92 bits per heavy atom. The molecule has 26 heavy (non-hydrogen) atoms. The number of ether oxygens (including phenoxy) is 1. The molecule has 1 aliphatic carbocycles. The van der Waals surface area contributed by atoms with Crippen LogP contribution >= 0.6 is 11.3 Å². The molecule has 1 aromatic carbocycles. The summed E-state index contributed by atoms with van der Waals surface area (Å²) in [5.74, 6) is -0.438. The molecule has 1 aliphatic rings. The molecular formula is C20H25N2O3S+. The second-order valence-corrected chi connectivity index (χ2v) is 7.86. The number of fused-ring (bicyclic) bond motifs is 1. The molecule has 2 N–H and O–H groups in total. The Bertz CT molecular complexity index is 786. The highest BCUT2D eigenvalue weighted by Crippen LogP contribution is 2.38. The van der Waals surface area contributed by atoms with E-state index < -0.39 is 0 Å². The number of esters is 1. The van der Waals surface area contributed by atoms with Gasteiger partial charge < -0.3 is 15.0 Å². The Balaban J connectivity index is 1.69. The third-order valence-corrected chi connectivity index (χ3v) is 5.83. The molecule has 0 saturated carbocycles. The summed E-state index contributed by atoms with van der Waals surface area (Å²) in [5.41, 5.74) is 2.81. The minimum Gasteiger partial charge on any atom is -0.465 e. The first kappa shape index (κ1) is 18.6. The molecule has 1 heterocycles. The standard InChI is InChI=1S/C20H24N2O3S/c1-22(12-14-8-4-3-5-9-14)13-17(23)21-19-18(20(24)25-2)15-10-6-7-11-16(15)26-19/h3-5,8-9H,6-7,10-13H2,1-2H3,(H,21,23)/p+1. The lowest BCUT2D eigenvalue weighted by atomic mass is 9.95. The second kappa shape index (κ2) is 8.47. The van der Waals surface area contributed by atoms with Gasteiger partial charge in [0.1, 0.15) is 11.5 Å². The number of rotatable bonds is 6. The fourth-order valence-corrected chi connectivity index (χ4v) is 4.72. The normalized spacial score (nSPS) is 14.4. The van der Waals surface area contributed by atoms with Crippen molar-refractivity contribution in [2.45, 2.75) is 32.2 Å². The van der Waals surface area contributed by atoms with Crippen LogP contribution in [-0.2, 0) is 28.9 Å². The molecule has 6 heteroatoms. The van der Waals surface area contributed by atoms with Crippen molar-refractivity contribution in [3.63, 3.8) is 0 Å². The van der Waals surface area contributed by atoms with Gasteiger partial charge in [0.25, 0.3) is 5.91 Å². The molecule has 3 rings (SSSR count). The van der Waals surface area contributed by atoms with Crippen LogP contribution in [0.3, 0.4) is 0 Å². The van der Waals surface area contributed by atoms with Gasteiger partial charge in [-0.25, -0.2) is 4.79 Å². The number of likely N-dealkylation sites (N-methyl/N-ethyl adjacent to an activating group) is 1. The topological polar surface area (TPSA) is 59.8 Å². The summed E-state index contributed by atoms with van der Waals surface area (Å²) in [5, 5.41) is 3.60. The van der Waals surface area contributed by atoms with E-state index in [-0.39, 0.29) is 11.9 Å².